The molecule has 4 nitrogen and oxygen atoms in total. The summed E-state index contributed by atoms with van der Waals surface area (Å²) < 4.78 is 2.29. The second kappa shape index (κ2) is 6.23. The summed E-state index contributed by atoms with van der Waals surface area (Å²) in [5, 5.41) is 3.30. The van der Waals surface area contributed by atoms with Crippen molar-refractivity contribution in [1.29, 1.82) is 0 Å². The first kappa shape index (κ1) is 13.4. The van der Waals surface area contributed by atoms with Crippen LogP contribution in [0.3, 0.4) is 0 Å². The van der Waals surface area contributed by atoms with Crippen LogP contribution in [0, 0.1) is 5.92 Å². The van der Waals surface area contributed by atoms with Crippen LogP contribution in [0.1, 0.15) is 32.4 Å². The lowest BCUT2D eigenvalue weighted by Crippen LogP contribution is -2.40. The lowest BCUT2D eigenvalue weighted by atomic mass is 9.98. The largest absolute Gasteiger partial charge is 0.342 e. The quantitative estimate of drug-likeness (QED) is 0.866. The van der Waals surface area contributed by atoms with Crippen molar-refractivity contribution < 1.29 is 0 Å². The van der Waals surface area contributed by atoms with E-state index < -0.39 is 0 Å². The van der Waals surface area contributed by atoms with Crippen LogP contribution in [0.5, 0.6) is 0 Å². The monoisotopic (exact) mass is 250 g/mol. The molecular weight excluding hydrogens is 224 g/mol. The van der Waals surface area contributed by atoms with Crippen LogP contribution >= 0.6 is 0 Å². The van der Waals surface area contributed by atoms with Crippen molar-refractivity contribution in [3.05, 3.63) is 11.9 Å². The van der Waals surface area contributed by atoms with Gasteiger partial charge in [0.05, 0.1) is 5.69 Å². The van der Waals surface area contributed by atoms with Crippen LogP contribution < -0.4 is 10.2 Å². The number of nitrogens with one attached hydrogen (secondary N) is 1. The minimum atomic E-state index is 0.760. The first-order valence-corrected chi connectivity index (χ1v) is 7.24. The lowest BCUT2D eigenvalue weighted by Gasteiger charge is -2.33. The molecule has 0 radical (unpaired) electrons. The fourth-order valence-electron chi connectivity index (χ4n) is 2.82. The van der Waals surface area contributed by atoms with Gasteiger partial charge in [0.25, 0.3) is 0 Å². The number of imidazole rings is 1. The molecule has 2 heterocycles. The molecular formula is C14H26N4. The second-order valence-electron chi connectivity index (χ2n) is 5.18. The maximum atomic E-state index is 4.79. The first-order valence-electron chi connectivity index (χ1n) is 7.24. The maximum absolute atomic E-state index is 4.79. The van der Waals surface area contributed by atoms with Crippen molar-refractivity contribution >= 4 is 5.95 Å². The van der Waals surface area contributed by atoms with Crippen molar-refractivity contribution in [1.82, 2.24) is 14.9 Å². The van der Waals surface area contributed by atoms with Crippen LogP contribution in [0.4, 0.5) is 5.95 Å². The van der Waals surface area contributed by atoms with Crippen molar-refractivity contribution in [2.24, 2.45) is 5.92 Å². The third kappa shape index (κ3) is 2.86. The predicted octanol–water partition coefficient (Wildman–Crippen LogP) is 1.90. The fourth-order valence-corrected chi connectivity index (χ4v) is 2.82. The normalized spacial score (nSPS) is 20.4. The zero-order chi connectivity index (χ0) is 13.0. The standard InChI is InChI=1S/C14H26N4/c1-4-13-11-17(5-2)14(16-13)18-8-6-7-12(10-18)9-15-3/h11-12,15H,4-10H2,1-3H3. The first-order chi connectivity index (χ1) is 8.78. The zero-order valence-electron chi connectivity index (χ0n) is 11.9. The number of nitrogens with zero attached hydrogens (tertiary/aromatic N) is 3. The highest BCUT2D eigenvalue weighted by atomic mass is 15.3. The second-order valence-corrected chi connectivity index (χ2v) is 5.18. The Morgan fingerprint density at radius 3 is 2.94 bits per heavy atom. The number of hydrogen-bond donors (Lipinski definition) is 1. The molecule has 0 spiro atoms. The van der Waals surface area contributed by atoms with Gasteiger partial charge in [0.1, 0.15) is 0 Å². The molecule has 1 saturated heterocycles. The van der Waals surface area contributed by atoms with Crippen LogP contribution in [0.2, 0.25) is 0 Å². The molecule has 102 valence electrons. The van der Waals surface area contributed by atoms with Gasteiger partial charge in [0.15, 0.2) is 0 Å². The van der Waals surface area contributed by atoms with Gasteiger partial charge in [-0.05, 0) is 45.7 Å². The summed E-state index contributed by atoms with van der Waals surface area (Å²) in [7, 11) is 2.04. The summed E-state index contributed by atoms with van der Waals surface area (Å²) in [5.41, 5.74) is 1.21. The Labute approximate surface area is 110 Å². The maximum Gasteiger partial charge on any atom is 0.205 e. The van der Waals surface area contributed by atoms with Crippen molar-refractivity contribution in [3.8, 4) is 0 Å². The minimum absolute atomic E-state index is 0.760. The predicted molar refractivity (Wildman–Crippen MR) is 76.1 cm³/mol. The Morgan fingerprint density at radius 1 is 1.44 bits per heavy atom. The van der Waals surface area contributed by atoms with Crippen LogP contribution in [0.25, 0.3) is 0 Å². The number of aryl methyl sites for hydroxylation is 2. The fraction of sp³-hybridized carbons (Fsp3) is 0.786. The number of anilines is 1. The highest BCUT2D eigenvalue weighted by molar-refractivity contribution is 5.34. The summed E-state index contributed by atoms with van der Waals surface area (Å²) in [5.74, 6) is 1.94. The molecule has 1 unspecified atom stereocenters. The van der Waals surface area contributed by atoms with E-state index in [0.29, 0.717) is 0 Å². The van der Waals surface area contributed by atoms with Gasteiger partial charge in [-0.25, -0.2) is 4.98 Å². The van der Waals surface area contributed by atoms with Gasteiger partial charge in [-0.3, -0.25) is 0 Å². The summed E-state index contributed by atoms with van der Waals surface area (Å²) in [4.78, 5) is 7.25. The molecule has 0 aromatic carbocycles. The van der Waals surface area contributed by atoms with E-state index in [1.165, 1.54) is 24.5 Å². The highest BCUT2D eigenvalue weighted by Crippen LogP contribution is 2.22. The molecule has 0 bridgehead atoms. The molecule has 2 rings (SSSR count). The van der Waals surface area contributed by atoms with Gasteiger partial charge in [-0.1, -0.05) is 6.92 Å². The molecule has 1 aliphatic rings. The van der Waals surface area contributed by atoms with Gasteiger partial charge in [-0.2, -0.15) is 0 Å². The van der Waals surface area contributed by atoms with Crippen molar-refractivity contribution in [2.45, 2.75) is 39.7 Å². The Balaban J connectivity index is 2.11. The molecule has 0 amide bonds. The number of piperidine rings is 1. The molecule has 0 saturated carbocycles. The van der Waals surface area contributed by atoms with Gasteiger partial charge in [0.2, 0.25) is 5.95 Å². The summed E-state index contributed by atoms with van der Waals surface area (Å²) in [6, 6.07) is 0. The molecule has 1 aliphatic heterocycles. The van der Waals surface area contributed by atoms with E-state index in [0.717, 1.165) is 38.5 Å². The number of rotatable bonds is 5. The molecule has 0 aliphatic carbocycles. The SMILES string of the molecule is CCc1cn(CC)c(N2CCCC(CNC)C2)n1. The summed E-state index contributed by atoms with van der Waals surface area (Å²) in [6.45, 7) is 8.78. The van der Waals surface area contributed by atoms with Crippen LogP contribution in [0.15, 0.2) is 6.20 Å². The number of aromatic nitrogens is 2. The smallest absolute Gasteiger partial charge is 0.205 e. The summed E-state index contributed by atoms with van der Waals surface area (Å²) >= 11 is 0. The molecule has 4 heteroatoms. The van der Waals surface area contributed by atoms with E-state index in [9.17, 15) is 0 Å². The van der Waals surface area contributed by atoms with E-state index in [1.54, 1.807) is 0 Å². The van der Waals surface area contributed by atoms with Crippen molar-refractivity contribution in [3.63, 3.8) is 0 Å². The Hall–Kier alpha value is -1.03. The van der Waals surface area contributed by atoms with E-state index >= 15 is 0 Å². The van der Waals surface area contributed by atoms with Gasteiger partial charge >= 0.3 is 0 Å². The third-order valence-corrected chi connectivity index (χ3v) is 3.80. The van der Waals surface area contributed by atoms with Gasteiger partial charge < -0.3 is 14.8 Å². The number of hydrogen-bond acceptors (Lipinski definition) is 3. The minimum Gasteiger partial charge on any atom is -0.342 e. The summed E-state index contributed by atoms with van der Waals surface area (Å²) in [6.07, 6.45) is 5.85. The Morgan fingerprint density at radius 2 is 2.28 bits per heavy atom. The topological polar surface area (TPSA) is 33.1 Å². The lowest BCUT2D eigenvalue weighted by molar-refractivity contribution is 0.397. The molecule has 1 atom stereocenters. The molecule has 1 aromatic rings. The molecule has 18 heavy (non-hydrogen) atoms. The van der Waals surface area contributed by atoms with E-state index in [2.05, 4.69) is 34.8 Å². The van der Waals surface area contributed by atoms with E-state index in [4.69, 9.17) is 4.98 Å². The Kier molecular flexibility index (Phi) is 4.64. The van der Waals surface area contributed by atoms with Crippen LogP contribution in [-0.2, 0) is 13.0 Å². The van der Waals surface area contributed by atoms with E-state index in [1.807, 2.05) is 7.05 Å². The van der Waals surface area contributed by atoms with Gasteiger partial charge in [-0.15, -0.1) is 0 Å². The average molecular weight is 250 g/mol. The molecule has 1 N–H and O–H groups in total. The highest BCUT2D eigenvalue weighted by Gasteiger charge is 2.22. The third-order valence-electron chi connectivity index (χ3n) is 3.80. The average Bonchev–Trinajstić information content (AvgIpc) is 2.83. The van der Waals surface area contributed by atoms with Gasteiger partial charge in [0, 0.05) is 25.8 Å². The van der Waals surface area contributed by atoms with Crippen molar-refractivity contribution in [2.75, 3.05) is 31.6 Å². The van der Waals surface area contributed by atoms with Crippen LogP contribution in [-0.4, -0.2) is 36.2 Å². The van der Waals surface area contributed by atoms with E-state index in [-0.39, 0.29) is 0 Å². The molecule has 1 aromatic heterocycles. The zero-order valence-corrected chi connectivity index (χ0v) is 11.9. The molecule has 1 fully saturated rings. The Bertz CT molecular complexity index is 370.